The molecule has 4 rings (SSSR count). The Morgan fingerprint density at radius 1 is 1.16 bits per heavy atom. The Bertz CT molecular complexity index is 847. The Labute approximate surface area is 146 Å². The fourth-order valence-corrected chi connectivity index (χ4v) is 4.48. The highest BCUT2D eigenvalue weighted by Gasteiger charge is 2.38. The number of benzene rings is 1. The van der Waals surface area contributed by atoms with E-state index in [0.29, 0.717) is 23.2 Å². The summed E-state index contributed by atoms with van der Waals surface area (Å²) in [6, 6.07) is 8.14. The average molecular weight is 340 g/mol. The van der Waals surface area contributed by atoms with Gasteiger partial charge in [-0.15, -0.1) is 0 Å². The Balaban J connectivity index is 1.58. The monoisotopic (exact) mass is 340 g/mol. The zero-order valence-electron chi connectivity index (χ0n) is 14.6. The van der Waals surface area contributed by atoms with E-state index in [2.05, 4.69) is 22.1 Å². The van der Waals surface area contributed by atoms with Gasteiger partial charge in [-0.2, -0.15) is 5.10 Å². The highest BCUT2D eigenvalue weighted by atomic mass is 16.2. The number of hydrogen-bond acceptors (Lipinski definition) is 4. The fraction of sp³-hybridized carbons (Fsp3) is 0.526. The normalized spacial score (nSPS) is 24.3. The predicted octanol–water partition coefficient (Wildman–Crippen LogP) is 1.55. The van der Waals surface area contributed by atoms with Crippen LogP contribution in [0.25, 0.3) is 10.8 Å². The van der Waals surface area contributed by atoms with Gasteiger partial charge in [0.25, 0.3) is 5.56 Å². The van der Waals surface area contributed by atoms with Crippen LogP contribution in [0.3, 0.4) is 0 Å². The van der Waals surface area contributed by atoms with Crippen LogP contribution in [0.2, 0.25) is 0 Å². The number of rotatable bonds is 3. The summed E-state index contributed by atoms with van der Waals surface area (Å²) < 4.78 is 0. The zero-order chi connectivity index (χ0) is 17.4. The summed E-state index contributed by atoms with van der Waals surface area (Å²) in [6.45, 7) is 1.95. The lowest BCUT2D eigenvalue weighted by Gasteiger charge is -2.33. The number of nitrogens with one attached hydrogen (secondary N) is 1. The van der Waals surface area contributed by atoms with Crippen LogP contribution in [0.5, 0.6) is 0 Å². The molecular formula is C19H24N4O2. The molecule has 6 heteroatoms. The minimum Gasteiger partial charge on any atom is -0.338 e. The number of carbonyl (C=O) groups excluding carboxylic acids is 1. The molecule has 2 atom stereocenters. The smallest absolute Gasteiger partial charge is 0.272 e. The molecule has 1 aromatic heterocycles. The maximum Gasteiger partial charge on any atom is 0.272 e. The van der Waals surface area contributed by atoms with Crippen LogP contribution in [-0.2, 0) is 11.2 Å². The topological polar surface area (TPSA) is 69.3 Å². The van der Waals surface area contributed by atoms with Crippen LogP contribution >= 0.6 is 0 Å². The molecule has 0 bridgehead atoms. The van der Waals surface area contributed by atoms with E-state index in [9.17, 15) is 9.59 Å². The Morgan fingerprint density at radius 2 is 1.88 bits per heavy atom. The van der Waals surface area contributed by atoms with Crippen molar-refractivity contribution in [3.05, 3.63) is 40.3 Å². The number of likely N-dealkylation sites (N-methyl/N-ethyl adjacent to an activating group) is 1. The minimum absolute atomic E-state index is 0.118. The second-order valence-corrected chi connectivity index (χ2v) is 7.21. The van der Waals surface area contributed by atoms with Gasteiger partial charge in [-0.05, 0) is 45.3 Å². The largest absolute Gasteiger partial charge is 0.338 e. The highest BCUT2D eigenvalue weighted by molar-refractivity contribution is 5.88. The van der Waals surface area contributed by atoms with Crippen molar-refractivity contribution in [3.63, 3.8) is 0 Å². The molecule has 6 nitrogen and oxygen atoms in total. The number of fused-ring (bicyclic) bond motifs is 1. The molecule has 0 spiro atoms. The van der Waals surface area contributed by atoms with Gasteiger partial charge in [0.1, 0.15) is 0 Å². The molecule has 3 heterocycles. The number of nitrogens with zero attached hydrogens (tertiary/aromatic N) is 3. The average Bonchev–Trinajstić information content (AvgIpc) is 3.26. The van der Waals surface area contributed by atoms with E-state index < -0.39 is 0 Å². The van der Waals surface area contributed by atoms with E-state index in [1.165, 1.54) is 12.8 Å². The van der Waals surface area contributed by atoms with Crippen molar-refractivity contribution in [3.8, 4) is 0 Å². The molecule has 0 unspecified atom stereocenters. The molecule has 2 aliphatic rings. The van der Waals surface area contributed by atoms with Crippen LogP contribution in [0.1, 0.15) is 31.4 Å². The van der Waals surface area contributed by atoms with Gasteiger partial charge in [0.15, 0.2) is 0 Å². The standard InChI is InChI=1S/C19H24N4O2/c1-22-10-4-8-16(22)17-9-5-11-23(17)18(24)12-15-13-6-2-3-7-14(13)19(25)21-20-15/h2-3,6-7,16-17H,4-5,8-12H2,1H3,(H,21,25)/t16-,17-/m1/s1. The van der Waals surface area contributed by atoms with E-state index in [-0.39, 0.29) is 17.9 Å². The number of hydrogen-bond donors (Lipinski definition) is 1. The molecule has 1 amide bonds. The van der Waals surface area contributed by atoms with E-state index in [1.54, 1.807) is 6.07 Å². The number of aromatic nitrogens is 2. The van der Waals surface area contributed by atoms with Crippen molar-refractivity contribution in [2.24, 2.45) is 0 Å². The van der Waals surface area contributed by atoms with Crippen molar-refractivity contribution >= 4 is 16.7 Å². The van der Waals surface area contributed by atoms with Crippen molar-refractivity contribution in [2.45, 2.75) is 44.2 Å². The number of likely N-dealkylation sites (tertiary alicyclic amines) is 2. The zero-order valence-corrected chi connectivity index (χ0v) is 14.6. The summed E-state index contributed by atoms with van der Waals surface area (Å²) in [4.78, 5) is 29.4. The molecule has 0 saturated carbocycles. The number of amides is 1. The van der Waals surface area contributed by atoms with Crippen LogP contribution in [0.4, 0.5) is 0 Å². The lowest BCUT2D eigenvalue weighted by molar-refractivity contribution is -0.132. The van der Waals surface area contributed by atoms with Crippen molar-refractivity contribution in [2.75, 3.05) is 20.1 Å². The molecule has 25 heavy (non-hydrogen) atoms. The first kappa shape index (κ1) is 16.3. The van der Waals surface area contributed by atoms with E-state index in [1.807, 2.05) is 23.1 Å². The molecule has 2 aliphatic heterocycles. The molecule has 0 radical (unpaired) electrons. The minimum atomic E-state index is -0.210. The summed E-state index contributed by atoms with van der Waals surface area (Å²) >= 11 is 0. The number of carbonyl (C=O) groups is 1. The summed E-state index contributed by atoms with van der Waals surface area (Å²) in [7, 11) is 2.16. The van der Waals surface area contributed by atoms with E-state index >= 15 is 0 Å². The van der Waals surface area contributed by atoms with Crippen LogP contribution < -0.4 is 5.56 Å². The van der Waals surface area contributed by atoms with Gasteiger partial charge in [0.2, 0.25) is 5.91 Å². The molecule has 2 aromatic rings. The molecule has 1 N–H and O–H groups in total. The second-order valence-electron chi connectivity index (χ2n) is 7.21. The van der Waals surface area contributed by atoms with Crippen LogP contribution in [0.15, 0.2) is 29.1 Å². The van der Waals surface area contributed by atoms with E-state index in [4.69, 9.17) is 0 Å². The molecule has 1 aromatic carbocycles. The third-order valence-corrected chi connectivity index (χ3v) is 5.73. The molecule has 2 saturated heterocycles. The number of aromatic amines is 1. The van der Waals surface area contributed by atoms with Crippen LogP contribution in [-0.4, -0.2) is 58.1 Å². The Hall–Kier alpha value is -2.21. The summed E-state index contributed by atoms with van der Waals surface area (Å²) in [6.07, 6.45) is 4.78. The lowest BCUT2D eigenvalue weighted by atomic mass is 10.0. The fourth-order valence-electron chi connectivity index (χ4n) is 4.48. The van der Waals surface area contributed by atoms with Gasteiger partial charge in [0.05, 0.1) is 17.5 Å². The Morgan fingerprint density at radius 3 is 2.64 bits per heavy atom. The molecular weight excluding hydrogens is 316 g/mol. The Kier molecular flexibility index (Phi) is 4.29. The summed E-state index contributed by atoms with van der Waals surface area (Å²) in [5.74, 6) is 0.118. The first-order chi connectivity index (χ1) is 12.1. The van der Waals surface area contributed by atoms with Crippen LogP contribution in [0, 0.1) is 0 Å². The van der Waals surface area contributed by atoms with Gasteiger partial charge >= 0.3 is 0 Å². The van der Waals surface area contributed by atoms with Gasteiger partial charge in [0, 0.05) is 24.0 Å². The van der Waals surface area contributed by atoms with Crippen molar-refractivity contribution in [1.29, 1.82) is 0 Å². The molecule has 0 aliphatic carbocycles. The van der Waals surface area contributed by atoms with Crippen molar-refractivity contribution in [1.82, 2.24) is 20.0 Å². The summed E-state index contributed by atoms with van der Waals surface area (Å²) in [5, 5.41) is 8.05. The quantitative estimate of drug-likeness (QED) is 0.920. The maximum absolute atomic E-state index is 13.0. The third-order valence-electron chi connectivity index (χ3n) is 5.73. The molecule has 132 valence electrons. The van der Waals surface area contributed by atoms with Gasteiger partial charge in [-0.25, -0.2) is 5.10 Å². The van der Waals surface area contributed by atoms with Gasteiger partial charge < -0.3 is 9.80 Å². The number of H-pyrrole nitrogens is 1. The predicted molar refractivity (Wildman–Crippen MR) is 96.5 cm³/mol. The first-order valence-corrected chi connectivity index (χ1v) is 9.11. The SMILES string of the molecule is CN1CCC[C@@H]1[C@H]1CCCN1C(=O)Cc1n[nH]c(=O)c2ccccc12. The van der Waals surface area contributed by atoms with Gasteiger partial charge in [-0.1, -0.05) is 18.2 Å². The van der Waals surface area contributed by atoms with Crippen molar-refractivity contribution < 1.29 is 4.79 Å². The third kappa shape index (κ3) is 2.95. The van der Waals surface area contributed by atoms with E-state index in [0.717, 1.165) is 31.3 Å². The van der Waals surface area contributed by atoms with Gasteiger partial charge in [-0.3, -0.25) is 9.59 Å². The lowest BCUT2D eigenvalue weighted by Crippen LogP contribution is -2.47. The summed E-state index contributed by atoms with van der Waals surface area (Å²) in [5.41, 5.74) is 0.448. The molecule has 2 fully saturated rings. The maximum atomic E-state index is 13.0. The highest BCUT2D eigenvalue weighted by Crippen LogP contribution is 2.29. The first-order valence-electron chi connectivity index (χ1n) is 9.11. The second kappa shape index (κ2) is 6.59.